The predicted octanol–water partition coefficient (Wildman–Crippen LogP) is 2.72. The van der Waals surface area contributed by atoms with Crippen molar-refractivity contribution in [3.05, 3.63) is 35.4 Å². The minimum atomic E-state index is -0.288. The first-order valence-electron chi connectivity index (χ1n) is 4.02. The summed E-state index contributed by atoms with van der Waals surface area (Å²) in [5.74, 6) is 0.533. The monoisotopic (exact) mass is 200 g/mol. The first-order valence-corrected chi connectivity index (χ1v) is 4.55. The molecule has 0 spiro atoms. The third kappa shape index (κ3) is 2.69. The van der Waals surface area contributed by atoms with E-state index in [1.165, 1.54) is 0 Å². The summed E-state index contributed by atoms with van der Waals surface area (Å²) in [7, 11) is 3.23. The van der Waals surface area contributed by atoms with Crippen LogP contribution in [0.3, 0.4) is 0 Å². The van der Waals surface area contributed by atoms with Gasteiger partial charge in [-0.2, -0.15) is 0 Å². The highest BCUT2D eigenvalue weighted by molar-refractivity contribution is 6.17. The van der Waals surface area contributed by atoms with Crippen molar-refractivity contribution in [3.8, 4) is 0 Å². The van der Waals surface area contributed by atoms with Gasteiger partial charge in [0.15, 0.2) is 6.29 Å². The lowest BCUT2D eigenvalue weighted by molar-refractivity contribution is -0.106. The maximum atomic E-state index is 5.66. The first kappa shape index (κ1) is 10.5. The molecule has 0 saturated carbocycles. The van der Waals surface area contributed by atoms with Crippen molar-refractivity contribution in [1.82, 2.24) is 0 Å². The van der Waals surface area contributed by atoms with Crippen molar-refractivity contribution in [2.75, 3.05) is 14.2 Å². The summed E-state index contributed by atoms with van der Waals surface area (Å²) in [5, 5.41) is 0. The zero-order valence-electron chi connectivity index (χ0n) is 7.79. The molecule has 0 amide bonds. The SMILES string of the molecule is COC(OC)c1ccc(CCl)cc1. The third-order valence-electron chi connectivity index (χ3n) is 1.83. The van der Waals surface area contributed by atoms with Crippen LogP contribution in [-0.2, 0) is 15.4 Å². The van der Waals surface area contributed by atoms with E-state index in [-0.39, 0.29) is 6.29 Å². The molecule has 0 aliphatic rings. The quantitative estimate of drug-likeness (QED) is 0.550. The topological polar surface area (TPSA) is 18.5 Å². The van der Waals surface area contributed by atoms with Crippen LogP contribution in [-0.4, -0.2) is 14.2 Å². The van der Waals surface area contributed by atoms with Gasteiger partial charge in [-0.15, -0.1) is 11.6 Å². The predicted molar refractivity (Wildman–Crippen MR) is 52.8 cm³/mol. The van der Waals surface area contributed by atoms with Gasteiger partial charge >= 0.3 is 0 Å². The second-order valence-electron chi connectivity index (χ2n) is 2.68. The number of ether oxygens (including phenoxy) is 2. The lowest BCUT2D eigenvalue weighted by Crippen LogP contribution is -2.03. The van der Waals surface area contributed by atoms with Crippen LogP contribution in [0.5, 0.6) is 0 Å². The lowest BCUT2D eigenvalue weighted by atomic mass is 10.1. The van der Waals surface area contributed by atoms with Crippen LogP contribution in [0.2, 0.25) is 0 Å². The lowest BCUT2D eigenvalue weighted by Gasteiger charge is -2.13. The van der Waals surface area contributed by atoms with E-state index < -0.39 is 0 Å². The maximum Gasteiger partial charge on any atom is 0.183 e. The molecule has 0 heterocycles. The Balaban J connectivity index is 2.78. The highest BCUT2D eigenvalue weighted by atomic mass is 35.5. The number of benzene rings is 1. The van der Waals surface area contributed by atoms with Crippen molar-refractivity contribution in [1.29, 1.82) is 0 Å². The average Bonchev–Trinajstić information content (AvgIpc) is 2.21. The Kier molecular flexibility index (Phi) is 4.22. The van der Waals surface area contributed by atoms with Gasteiger partial charge in [0.1, 0.15) is 0 Å². The molecule has 3 heteroatoms. The molecule has 2 nitrogen and oxygen atoms in total. The van der Waals surface area contributed by atoms with Crippen molar-refractivity contribution in [2.45, 2.75) is 12.2 Å². The van der Waals surface area contributed by atoms with E-state index in [9.17, 15) is 0 Å². The second kappa shape index (κ2) is 5.22. The Morgan fingerprint density at radius 3 is 2.08 bits per heavy atom. The number of alkyl halides is 1. The molecule has 0 saturated heterocycles. The molecule has 0 bridgehead atoms. The highest BCUT2D eigenvalue weighted by Gasteiger charge is 2.07. The van der Waals surface area contributed by atoms with Gasteiger partial charge in [-0.05, 0) is 5.56 Å². The van der Waals surface area contributed by atoms with Gasteiger partial charge in [0.05, 0.1) is 0 Å². The van der Waals surface area contributed by atoms with Crippen LogP contribution in [0, 0.1) is 0 Å². The Bertz CT molecular complexity index is 242. The number of methoxy groups -OCH3 is 2. The van der Waals surface area contributed by atoms with Crippen molar-refractivity contribution >= 4 is 11.6 Å². The number of hydrogen-bond donors (Lipinski definition) is 0. The molecule has 0 aliphatic carbocycles. The second-order valence-corrected chi connectivity index (χ2v) is 2.95. The van der Waals surface area contributed by atoms with Gasteiger partial charge in [0, 0.05) is 25.7 Å². The molecule has 0 radical (unpaired) electrons. The summed E-state index contributed by atoms with van der Waals surface area (Å²) in [6.45, 7) is 0. The van der Waals surface area contributed by atoms with E-state index in [2.05, 4.69) is 0 Å². The van der Waals surface area contributed by atoms with Crippen molar-refractivity contribution in [3.63, 3.8) is 0 Å². The standard InChI is InChI=1S/C10H13ClO2/c1-12-10(13-2)9-5-3-8(7-11)4-6-9/h3-6,10H,7H2,1-2H3. The molecule has 0 N–H and O–H groups in total. The summed E-state index contributed by atoms with van der Waals surface area (Å²) in [4.78, 5) is 0. The van der Waals surface area contributed by atoms with E-state index >= 15 is 0 Å². The molecule has 0 aliphatic heterocycles. The van der Waals surface area contributed by atoms with Crippen LogP contribution < -0.4 is 0 Å². The number of rotatable bonds is 4. The zero-order chi connectivity index (χ0) is 9.68. The van der Waals surface area contributed by atoms with Crippen LogP contribution in [0.4, 0.5) is 0 Å². The smallest absolute Gasteiger partial charge is 0.183 e. The average molecular weight is 201 g/mol. The fourth-order valence-electron chi connectivity index (χ4n) is 1.13. The van der Waals surface area contributed by atoms with Crippen LogP contribution >= 0.6 is 11.6 Å². The van der Waals surface area contributed by atoms with Gasteiger partial charge in [-0.3, -0.25) is 0 Å². The van der Waals surface area contributed by atoms with Gasteiger partial charge in [-0.1, -0.05) is 24.3 Å². The van der Waals surface area contributed by atoms with Crippen LogP contribution in [0.25, 0.3) is 0 Å². The van der Waals surface area contributed by atoms with Crippen molar-refractivity contribution in [2.24, 2.45) is 0 Å². The number of hydrogen-bond acceptors (Lipinski definition) is 2. The minimum Gasteiger partial charge on any atom is -0.352 e. The van der Waals surface area contributed by atoms with E-state index in [0.29, 0.717) is 5.88 Å². The molecular weight excluding hydrogens is 188 g/mol. The van der Waals surface area contributed by atoms with Crippen LogP contribution in [0.15, 0.2) is 24.3 Å². The summed E-state index contributed by atoms with van der Waals surface area (Å²) in [5.41, 5.74) is 2.09. The summed E-state index contributed by atoms with van der Waals surface area (Å²) < 4.78 is 10.2. The van der Waals surface area contributed by atoms with Crippen molar-refractivity contribution < 1.29 is 9.47 Å². The zero-order valence-corrected chi connectivity index (χ0v) is 8.54. The number of halogens is 1. The highest BCUT2D eigenvalue weighted by Crippen LogP contribution is 2.17. The van der Waals surface area contributed by atoms with E-state index in [1.807, 2.05) is 24.3 Å². The molecule has 1 aromatic rings. The van der Waals surface area contributed by atoms with Gasteiger partial charge in [-0.25, -0.2) is 0 Å². The molecule has 0 atom stereocenters. The van der Waals surface area contributed by atoms with E-state index in [4.69, 9.17) is 21.1 Å². The molecule has 0 aromatic heterocycles. The van der Waals surface area contributed by atoms with Gasteiger partial charge in [0.2, 0.25) is 0 Å². The molecule has 13 heavy (non-hydrogen) atoms. The first-order chi connectivity index (χ1) is 6.31. The van der Waals surface area contributed by atoms with Gasteiger partial charge in [0.25, 0.3) is 0 Å². The molecule has 0 unspecified atom stereocenters. The Hall–Kier alpha value is -0.570. The summed E-state index contributed by atoms with van der Waals surface area (Å²) in [6, 6.07) is 7.84. The molecular formula is C10H13ClO2. The fraction of sp³-hybridized carbons (Fsp3) is 0.400. The Morgan fingerprint density at radius 2 is 1.69 bits per heavy atom. The molecule has 1 aromatic carbocycles. The summed E-state index contributed by atoms with van der Waals surface area (Å²) >= 11 is 5.66. The Morgan fingerprint density at radius 1 is 1.15 bits per heavy atom. The largest absolute Gasteiger partial charge is 0.352 e. The molecule has 0 fully saturated rings. The molecule has 72 valence electrons. The normalized spacial score (nSPS) is 10.8. The maximum absolute atomic E-state index is 5.66. The van der Waals surface area contributed by atoms with Crippen LogP contribution in [0.1, 0.15) is 17.4 Å². The Labute approximate surface area is 83.4 Å². The summed E-state index contributed by atoms with van der Waals surface area (Å²) in [6.07, 6.45) is -0.288. The minimum absolute atomic E-state index is 0.288. The van der Waals surface area contributed by atoms with E-state index in [0.717, 1.165) is 11.1 Å². The fourth-order valence-corrected chi connectivity index (χ4v) is 1.31. The molecule has 1 rings (SSSR count). The van der Waals surface area contributed by atoms with E-state index in [1.54, 1.807) is 14.2 Å². The third-order valence-corrected chi connectivity index (χ3v) is 2.14. The van der Waals surface area contributed by atoms with Gasteiger partial charge < -0.3 is 9.47 Å².